The van der Waals surface area contributed by atoms with Crippen LogP contribution in [0.2, 0.25) is 5.02 Å². The van der Waals surface area contributed by atoms with Crippen LogP contribution in [0.1, 0.15) is 5.56 Å². The van der Waals surface area contributed by atoms with E-state index >= 15 is 0 Å². The molecule has 0 atom stereocenters. The zero-order chi connectivity index (χ0) is 11.4. The number of amides is 2. The number of carbonyl (C=O) groups excluding carboxylic acids is 1. The minimum Gasteiger partial charge on any atom is -0.306 e. The summed E-state index contributed by atoms with van der Waals surface area (Å²) < 4.78 is 0. The third-order valence-corrected chi connectivity index (χ3v) is 2.23. The van der Waals surface area contributed by atoms with Crippen LogP contribution in [-0.4, -0.2) is 25.3 Å². The molecular weight excluding hydrogens is 216 g/mol. The zero-order valence-corrected chi connectivity index (χ0v) is 9.63. The maximum absolute atomic E-state index is 11.4. The molecule has 5 heteroatoms. The van der Waals surface area contributed by atoms with Crippen molar-refractivity contribution in [3.05, 3.63) is 28.8 Å². The number of urea groups is 1. The van der Waals surface area contributed by atoms with Crippen molar-refractivity contribution in [2.24, 2.45) is 0 Å². The van der Waals surface area contributed by atoms with Gasteiger partial charge >= 0.3 is 6.03 Å². The van der Waals surface area contributed by atoms with Crippen molar-refractivity contribution in [1.29, 1.82) is 0 Å². The first-order valence-corrected chi connectivity index (χ1v) is 4.77. The lowest BCUT2D eigenvalue weighted by Gasteiger charge is -2.15. The van der Waals surface area contributed by atoms with E-state index in [1.807, 2.05) is 6.92 Å². The monoisotopic (exact) mass is 228 g/mol. The molecule has 0 saturated heterocycles. The van der Waals surface area contributed by atoms with Crippen molar-refractivity contribution in [2.75, 3.05) is 19.5 Å². The Bertz CT molecular complexity index is 368. The van der Waals surface area contributed by atoms with Gasteiger partial charge in [-0.25, -0.2) is 9.86 Å². The SMILES string of the molecule is CON(C)C(=O)Nc1ccc(Cl)cc1C. The Labute approximate surface area is 93.7 Å². The van der Waals surface area contributed by atoms with E-state index in [1.165, 1.54) is 14.2 Å². The van der Waals surface area contributed by atoms with Crippen LogP contribution in [0.15, 0.2) is 18.2 Å². The lowest BCUT2D eigenvalue weighted by molar-refractivity contribution is -0.0598. The highest BCUT2D eigenvalue weighted by molar-refractivity contribution is 6.30. The van der Waals surface area contributed by atoms with E-state index in [9.17, 15) is 4.79 Å². The Morgan fingerprint density at radius 3 is 2.73 bits per heavy atom. The number of anilines is 1. The average Bonchev–Trinajstić information content (AvgIpc) is 2.20. The van der Waals surface area contributed by atoms with Gasteiger partial charge in [-0.15, -0.1) is 0 Å². The summed E-state index contributed by atoms with van der Waals surface area (Å²) >= 11 is 5.80. The van der Waals surface area contributed by atoms with Gasteiger partial charge in [0.1, 0.15) is 0 Å². The quantitative estimate of drug-likeness (QED) is 0.791. The lowest BCUT2D eigenvalue weighted by atomic mass is 10.2. The normalized spacial score (nSPS) is 9.87. The van der Waals surface area contributed by atoms with E-state index in [0.29, 0.717) is 10.7 Å². The van der Waals surface area contributed by atoms with Gasteiger partial charge in [-0.3, -0.25) is 4.84 Å². The molecule has 0 heterocycles. The maximum atomic E-state index is 11.4. The molecule has 1 N–H and O–H groups in total. The zero-order valence-electron chi connectivity index (χ0n) is 8.87. The molecule has 0 spiro atoms. The Kier molecular flexibility index (Phi) is 3.94. The van der Waals surface area contributed by atoms with Crippen LogP contribution in [0.5, 0.6) is 0 Å². The topological polar surface area (TPSA) is 41.6 Å². The van der Waals surface area contributed by atoms with Gasteiger partial charge in [0, 0.05) is 17.8 Å². The Morgan fingerprint density at radius 2 is 2.20 bits per heavy atom. The van der Waals surface area contributed by atoms with Crippen LogP contribution >= 0.6 is 11.6 Å². The summed E-state index contributed by atoms with van der Waals surface area (Å²) in [6.07, 6.45) is 0. The molecule has 1 aromatic rings. The van der Waals surface area contributed by atoms with E-state index in [1.54, 1.807) is 18.2 Å². The number of halogens is 1. The molecule has 1 rings (SSSR count). The molecular formula is C10H13ClN2O2. The van der Waals surface area contributed by atoms with Gasteiger partial charge in [0.15, 0.2) is 0 Å². The largest absolute Gasteiger partial charge is 0.345 e. The van der Waals surface area contributed by atoms with Gasteiger partial charge in [0.2, 0.25) is 0 Å². The van der Waals surface area contributed by atoms with E-state index in [4.69, 9.17) is 16.4 Å². The standard InChI is InChI=1S/C10H13ClN2O2/c1-7-6-8(11)4-5-9(7)12-10(14)13(2)15-3/h4-6H,1-3H3,(H,12,14). The molecule has 0 aromatic heterocycles. The summed E-state index contributed by atoms with van der Waals surface area (Å²) in [5, 5.41) is 4.44. The number of benzene rings is 1. The molecule has 0 saturated carbocycles. The predicted molar refractivity (Wildman–Crippen MR) is 60.0 cm³/mol. The first kappa shape index (κ1) is 11.8. The van der Waals surface area contributed by atoms with E-state index in [0.717, 1.165) is 10.6 Å². The van der Waals surface area contributed by atoms with Crippen molar-refractivity contribution in [1.82, 2.24) is 5.06 Å². The molecule has 15 heavy (non-hydrogen) atoms. The summed E-state index contributed by atoms with van der Waals surface area (Å²) in [6.45, 7) is 1.87. The van der Waals surface area contributed by atoms with Gasteiger partial charge in [-0.2, -0.15) is 0 Å². The van der Waals surface area contributed by atoms with Crippen molar-refractivity contribution in [2.45, 2.75) is 6.92 Å². The molecule has 0 aliphatic carbocycles. The van der Waals surface area contributed by atoms with Crippen LogP contribution in [0, 0.1) is 6.92 Å². The second-order valence-electron chi connectivity index (χ2n) is 3.07. The number of aryl methyl sites for hydroxylation is 1. The minimum atomic E-state index is -0.331. The Balaban J connectivity index is 2.77. The van der Waals surface area contributed by atoms with Gasteiger partial charge in [-0.05, 0) is 30.7 Å². The fourth-order valence-corrected chi connectivity index (χ4v) is 1.27. The molecule has 0 fully saturated rings. The third kappa shape index (κ3) is 3.11. The van der Waals surface area contributed by atoms with Crippen molar-refractivity contribution >= 4 is 23.3 Å². The van der Waals surface area contributed by atoms with Crippen molar-refractivity contribution < 1.29 is 9.63 Å². The summed E-state index contributed by atoms with van der Waals surface area (Å²) in [6, 6.07) is 4.92. The summed E-state index contributed by atoms with van der Waals surface area (Å²) in [4.78, 5) is 16.2. The van der Waals surface area contributed by atoms with E-state index < -0.39 is 0 Å². The smallest absolute Gasteiger partial charge is 0.306 e. The van der Waals surface area contributed by atoms with Crippen LogP contribution in [0.4, 0.5) is 10.5 Å². The second kappa shape index (κ2) is 5.00. The maximum Gasteiger partial charge on any atom is 0.345 e. The predicted octanol–water partition coefficient (Wildman–Crippen LogP) is 2.67. The van der Waals surface area contributed by atoms with Crippen molar-refractivity contribution in [3.63, 3.8) is 0 Å². The fourth-order valence-electron chi connectivity index (χ4n) is 1.04. The first-order chi connectivity index (χ1) is 7.04. The summed E-state index contributed by atoms with van der Waals surface area (Å²) in [5.41, 5.74) is 1.62. The first-order valence-electron chi connectivity index (χ1n) is 4.39. The number of nitrogens with one attached hydrogen (secondary N) is 1. The number of hydroxylamine groups is 2. The fraction of sp³-hybridized carbons (Fsp3) is 0.300. The third-order valence-electron chi connectivity index (χ3n) is 1.99. The number of rotatable bonds is 2. The Hall–Kier alpha value is -1.26. The minimum absolute atomic E-state index is 0.331. The highest BCUT2D eigenvalue weighted by Gasteiger charge is 2.08. The Morgan fingerprint density at radius 1 is 1.53 bits per heavy atom. The molecule has 0 aliphatic rings. The van der Waals surface area contributed by atoms with Gasteiger partial charge in [0.05, 0.1) is 7.11 Å². The molecule has 0 radical (unpaired) electrons. The average molecular weight is 229 g/mol. The van der Waals surface area contributed by atoms with Crippen LogP contribution in [0.3, 0.4) is 0 Å². The summed E-state index contributed by atoms with van der Waals surface area (Å²) in [5.74, 6) is 0. The highest BCUT2D eigenvalue weighted by Crippen LogP contribution is 2.19. The lowest BCUT2D eigenvalue weighted by Crippen LogP contribution is -2.30. The molecule has 2 amide bonds. The summed E-state index contributed by atoms with van der Waals surface area (Å²) in [7, 11) is 2.95. The van der Waals surface area contributed by atoms with Gasteiger partial charge < -0.3 is 5.32 Å². The molecule has 82 valence electrons. The van der Waals surface area contributed by atoms with Crippen molar-refractivity contribution in [3.8, 4) is 0 Å². The molecule has 4 nitrogen and oxygen atoms in total. The van der Waals surface area contributed by atoms with Crippen LogP contribution in [0.25, 0.3) is 0 Å². The van der Waals surface area contributed by atoms with Crippen LogP contribution < -0.4 is 5.32 Å². The number of hydrogen-bond acceptors (Lipinski definition) is 2. The van der Waals surface area contributed by atoms with E-state index in [-0.39, 0.29) is 6.03 Å². The van der Waals surface area contributed by atoms with Gasteiger partial charge in [0.25, 0.3) is 0 Å². The van der Waals surface area contributed by atoms with Crippen LogP contribution in [-0.2, 0) is 4.84 Å². The molecule has 0 bridgehead atoms. The van der Waals surface area contributed by atoms with Gasteiger partial charge in [-0.1, -0.05) is 11.6 Å². The number of hydrogen-bond donors (Lipinski definition) is 1. The molecule has 1 aromatic carbocycles. The molecule has 0 aliphatic heterocycles. The molecule has 0 unspecified atom stereocenters. The van der Waals surface area contributed by atoms with E-state index in [2.05, 4.69) is 5.32 Å². The number of nitrogens with zero attached hydrogens (tertiary/aromatic N) is 1. The highest BCUT2D eigenvalue weighted by atomic mass is 35.5. The second-order valence-corrected chi connectivity index (χ2v) is 3.51. The number of carbonyl (C=O) groups is 1.